The van der Waals surface area contributed by atoms with Crippen LogP contribution in [0, 0.1) is 0 Å². The molecule has 0 aliphatic rings. The molecular weight excluding hydrogens is 378 g/mol. The van der Waals surface area contributed by atoms with Crippen molar-refractivity contribution in [2.75, 3.05) is 11.9 Å². The Morgan fingerprint density at radius 1 is 1.03 bits per heavy atom. The van der Waals surface area contributed by atoms with Crippen LogP contribution >= 0.6 is 0 Å². The fourth-order valence-corrected chi connectivity index (χ4v) is 3.49. The molecule has 3 aromatic carbocycles. The Labute approximate surface area is 174 Å². The molecule has 1 aromatic heterocycles. The number of nitrogens with zero attached hydrogens (tertiary/aromatic N) is 1. The zero-order valence-electron chi connectivity index (χ0n) is 16.4. The lowest BCUT2D eigenvalue weighted by molar-refractivity contribution is 0.0938. The summed E-state index contributed by atoms with van der Waals surface area (Å²) in [5.41, 5.74) is 8.81. The number of rotatable bonds is 7. The van der Waals surface area contributed by atoms with Gasteiger partial charge in [-0.15, -0.1) is 0 Å². The number of nitrogens with two attached hydrogens (primary N) is 1. The summed E-state index contributed by atoms with van der Waals surface area (Å²) in [5.74, 6) is 0.738. The number of urea groups is 1. The number of anilines is 1. The largest absolute Gasteiger partial charge is 0.490 e. The number of carbonyl (C=O) groups excluding carboxylic acids is 1. The molecule has 0 bridgehead atoms. The zero-order chi connectivity index (χ0) is 20.9. The first-order valence-electron chi connectivity index (χ1n) is 9.71. The summed E-state index contributed by atoms with van der Waals surface area (Å²) in [6.45, 7) is 0.560. The summed E-state index contributed by atoms with van der Waals surface area (Å²) in [5, 5.41) is 14.1. The van der Waals surface area contributed by atoms with E-state index in [1.165, 1.54) is 0 Å². The molecule has 4 N–H and O–H groups in total. The summed E-state index contributed by atoms with van der Waals surface area (Å²) in [6, 6.07) is 24.7. The highest BCUT2D eigenvalue weighted by molar-refractivity contribution is 5.92. The number of carbonyl (C=O) groups is 1. The molecule has 0 radical (unpaired) electrons. The molecule has 2 amide bonds. The molecule has 0 fully saturated rings. The highest BCUT2D eigenvalue weighted by atomic mass is 16.5. The molecule has 1 unspecified atom stereocenters. The Bertz CT molecular complexity index is 1150. The molecule has 30 heavy (non-hydrogen) atoms. The SMILES string of the molecule is NC(=O)Nc1ccc2c(ccn2CC(O)COc2ccccc2-c2ccccc2)c1. The average molecular weight is 401 g/mol. The first-order valence-corrected chi connectivity index (χ1v) is 9.71. The van der Waals surface area contributed by atoms with Crippen LogP contribution in [0.5, 0.6) is 5.75 Å². The number of aromatic nitrogens is 1. The molecule has 4 aromatic rings. The van der Waals surface area contributed by atoms with Gasteiger partial charge in [-0.2, -0.15) is 0 Å². The molecule has 1 atom stereocenters. The van der Waals surface area contributed by atoms with Gasteiger partial charge >= 0.3 is 6.03 Å². The van der Waals surface area contributed by atoms with Gasteiger partial charge in [0.2, 0.25) is 0 Å². The van der Waals surface area contributed by atoms with E-state index in [9.17, 15) is 9.90 Å². The Hall–Kier alpha value is -3.77. The van der Waals surface area contributed by atoms with Crippen LogP contribution in [0.2, 0.25) is 0 Å². The minimum Gasteiger partial charge on any atom is -0.490 e. The number of para-hydroxylation sites is 1. The second-order valence-electron chi connectivity index (χ2n) is 7.06. The standard InChI is InChI=1S/C24H23N3O3/c25-24(29)26-19-10-11-22-18(14-19)12-13-27(22)15-20(28)16-30-23-9-5-4-8-21(23)17-6-2-1-3-7-17/h1-14,20,28H,15-16H2,(H3,25,26,29). The maximum Gasteiger partial charge on any atom is 0.316 e. The molecule has 6 nitrogen and oxygen atoms in total. The molecular formula is C24H23N3O3. The van der Waals surface area contributed by atoms with Crippen LogP contribution in [-0.2, 0) is 6.54 Å². The highest BCUT2D eigenvalue weighted by Gasteiger charge is 2.12. The first kappa shape index (κ1) is 19.5. The third-order valence-electron chi connectivity index (χ3n) is 4.85. The number of hydrogen-bond acceptors (Lipinski definition) is 3. The van der Waals surface area contributed by atoms with Crippen molar-refractivity contribution in [2.24, 2.45) is 5.73 Å². The first-order chi connectivity index (χ1) is 14.6. The molecule has 0 aliphatic heterocycles. The predicted molar refractivity (Wildman–Crippen MR) is 119 cm³/mol. The lowest BCUT2D eigenvalue weighted by Gasteiger charge is -2.16. The van der Waals surface area contributed by atoms with Crippen LogP contribution < -0.4 is 15.8 Å². The maximum atomic E-state index is 11.0. The topological polar surface area (TPSA) is 89.5 Å². The Morgan fingerprint density at radius 2 is 1.80 bits per heavy atom. The average Bonchev–Trinajstić information content (AvgIpc) is 3.14. The number of aliphatic hydroxyl groups is 1. The number of hydrogen-bond donors (Lipinski definition) is 3. The Morgan fingerprint density at radius 3 is 2.60 bits per heavy atom. The van der Waals surface area contributed by atoms with Crippen LogP contribution in [0.1, 0.15) is 0 Å². The lowest BCUT2D eigenvalue weighted by atomic mass is 10.1. The second-order valence-corrected chi connectivity index (χ2v) is 7.06. The summed E-state index contributed by atoms with van der Waals surface area (Å²) in [7, 11) is 0. The third-order valence-corrected chi connectivity index (χ3v) is 4.85. The van der Waals surface area contributed by atoms with Gasteiger partial charge in [0.1, 0.15) is 18.5 Å². The maximum absolute atomic E-state index is 11.0. The van der Waals surface area contributed by atoms with Gasteiger partial charge in [-0.25, -0.2) is 4.79 Å². The van der Waals surface area contributed by atoms with Crippen molar-refractivity contribution in [2.45, 2.75) is 12.6 Å². The van der Waals surface area contributed by atoms with Gasteiger partial charge < -0.3 is 25.5 Å². The minimum absolute atomic E-state index is 0.171. The monoisotopic (exact) mass is 401 g/mol. The number of primary amides is 1. The Kier molecular flexibility index (Phi) is 5.68. The van der Waals surface area contributed by atoms with Crippen LogP contribution in [0.25, 0.3) is 22.0 Å². The van der Waals surface area contributed by atoms with Crippen molar-refractivity contribution in [1.82, 2.24) is 4.57 Å². The summed E-state index contributed by atoms with van der Waals surface area (Å²) in [4.78, 5) is 11.0. The smallest absolute Gasteiger partial charge is 0.316 e. The minimum atomic E-state index is -0.687. The number of fused-ring (bicyclic) bond motifs is 1. The van der Waals surface area contributed by atoms with Crippen LogP contribution in [0.3, 0.4) is 0 Å². The summed E-state index contributed by atoms with van der Waals surface area (Å²) >= 11 is 0. The molecule has 0 saturated heterocycles. The molecule has 4 rings (SSSR count). The fourth-order valence-electron chi connectivity index (χ4n) is 3.49. The van der Waals surface area contributed by atoms with E-state index < -0.39 is 12.1 Å². The number of ether oxygens (including phenoxy) is 1. The predicted octanol–water partition coefficient (Wildman–Crippen LogP) is 4.24. The van der Waals surface area contributed by atoms with Crippen molar-refractivity contribution in [3.63, 3.8) is 0 Å². The van der Waals surface area contributed by atoms with Crippen LogP contribution in [-0.4, -0.2) is 28.4 Å². The van der Waals surface area contributed by atoms with E-state index in [1.807, 2.05) is 83.6 Å². The lowest BCUT2D eigenvalue weighted by Crippen LogP contribution is -2.23. The summed E-state index contributed by atoms with van der Waals surface area (Å²) in [6.07, 6.45) is 1.22. The van der Waals surface area contributed by atoms with Gasteiger partial charge in [0, 0.05) is 28.4 Å². The Balaban J connectivity index is 1.44. The zero-order valence-corrected chi connectivity index (χ0v) is 16.4. The number of amides is 2. The van der Waals surface area contributed by atoms with Gasteiger partial charge in [-0.1, -0.05) is 48.5 Å². The van der Waals surface area contributed by atoms with Crippen molar-refractivity contribution in [3.8, 4) is 16.9 Å². The number of nitrogens with one attached hydrogen (secondary N) is 1. The molecule has 0 saturated carbocycles. The second kappa shape index (κ2) is 8.71. The number of aliphatic hydroxyl groups excluding tert-OH is 1. The van der Waals surface area contributed by atoms with E-state index >= 15 is 0 Å². The van der Waals surface area contributed by atoms with E-state index in [4.69, 9.17) is 10.5 Å². The quantitative estimate of drug-likeness (QED) is 0.433. The number of benzene rings is 3. The molecule has 6 heteroatoms. The van der Waals surface area contributed by atoms with Gasteiger partial charge in [0.15, 0.2) is 0 Å². The third kappa shape index (κ3) is 4.45. The van der Waals surface area contributed by atoms with Crippen molar-refractivity contribution in [3.05, 3.63) is 85.1 Å². The van der Waals surface area contributed by atoms with E-state index in [0.717, 1.165) is 27.8 Å². The van der Waals surface area contributed by atoms with Crippen molar-refractivity contribution >= 4 is 22.6 Å². The van der Waals surface area contributed by atoms with Crippen LogP contribution in [0.15, 0.2) is 85.1 Å². The van der Waals surface area contributed by atoms with E-state index in [2.05, 4.69) is 5.32 Å². The van der Waals surface area contributed by atoms with Gasteiger partial charge in [-0.3, -0.25) is 0 Å². The molecule has 1 heterocycles. The molecule has 0 spiro atoms. The normalized spacial score (nSPS) is 11.9. The van der Waals surface area contributed by atoms with E-state index in [0.29, 0.717) is 12.2 Å². The van der Waals surface area contributed by atoms with E-state index in [1.54, 1.807) is 6.07 Å². The fraction of sp³-hybridized carbons (Fsp3) is 0.125. The van der Waals surface area contributed by atoms with Crippen LogP contribution in [0.4, 0.5) is 10.5 Å². The molecule has 152 valence electrons. The molecule has 0 aliphatic carbocycles. The van der Waals surface area contributed by atoms with Crippen molar-refractivity contribution in [1.29, 1.82) is 0 Å². The van der Waals surface area contributed by atoms with Gasteiger partial charge in [0.25, 0.3) is 0 Å². The van der Waals surface area contributed by atoms with Crippen molar-refractivity contribution < 1.29 is 14.6 Å². The van der Waals surface area contributed by atoms with Gasteiger partial charge in [0.05, 0.1) is 6.54 Å². The van der Waals surface area contributed by atoms with E-state index in [-0.39, 0.29) is 6.61 Å². The highest BCUT2D eigenvalue weighted by Crippen LogP contribution is 2.29. The van der Waals surface area contributed by atoms with Gasteiger partial charge in [-0.05, 0) is 35.9 Å². The summed E-state index contributed by atoms with van der Waals surface area (Å²) < 4.78 is 7.91.